The van der Waals surface area contributed by atoms with E-state index in [0.717, 1.165) is 36.5 Å². The molecule has 3 heterocycles. The number of anilines is 3. The van der Waals surface area contributed by atoms with E-state index in [2.05, 4.69) is 20.2 Å². The average Bonchev–Trinajstić information content (AvgIpc) is 3.30. The van der Waals surface area contributed by atoms with Crippen molar-refractivity contribution in [3.8, 4) is 5.88 Å². The van der Waals surface area contributed by atoms with Gasteiger partial charge in [-0.3, -0.25) is 4.79 Å². The maximum Gasteiger partial charge on any atom is 0.222 e. The van der Waals surface area contributed by atoms with E-state index in [-0.39, 0.29) is 17.9 Å². The third-order valence-electron chi connectivity index (χ3n) is 4.90. The summed E-state index contributed by atoms with van der Waals surface area (Å²) in [7, 11) is 0. The number of carbonyl (C=O) groups is 1. The number of hydrogen-bond donors (Lipinski definition) is 1. The number of carbonyl (C=O) groups excluding carboxylic acids is 1. The van der Waals surface area contributed by atoms with Crippen molar-refractivity contribution in [1.82, 2.24) is 9.97 Å². The van der Waals surface area contributed by atoms with Crippen LogP contribution in [0.3, 0.4) is 0 Å². The van der Waals surface area contributed by atoms with Crippen molar-refractivity contribution in [3.63, 3.8) is 0 Å². The van der Waals surface area contributed by atoms with E-state index in [0.29, 0.717) is 11.7 Å². The number of nitrogens with one attached hydrogen (secondary N) is 1. The van der Waals surface area contributed by atoms with Gasteiger partial charge in [-0.2, -0.15) is 4.98 Å². The van der Waals surface area contributed by atoms with E-state index in [1.165, 1.54) is 12.5 Å². The smallest absolute Gasteiger partial charge is 0.222 e. The highest BCUT2D eigenvalue weighted by molar-refractivity contribution is 5.89. The summed E-state index contributed by atoms with van der Waals surface area (Å²) >= 11 is 0. The zero-order valence-corrected chi connectivity index (χ0v) is 14.9. The summed E-state index contributed by atoms with van der Waals surface area (Å²) in [6.45, 7) is 3.70. The summed E-state index contributed by atoms with van der Waals surface area (Å²) in [5, 5.41) is 2.74. The Morgan fingerprint density at radius 1 is 1.38 bits per heavy atom. The highest BCUT2D eigenvalue weighted by Gasteiger charge is 2.52. The molecule has 136 valence electrons. The van der Waals surface area contributed by atoms with Crippen LogP contribution < -0.4 is 15.0 Å². The second-order valence-corrected chi connectivity index (χ2v) is 7.01. The quantitative estimate of drug-likeness (QED) is 0.891. The van der Waals surface area contributed by atoms with Crippen LogP contribution >= 0.6 is 0 Å². The normalized spacial score (nSPS) is 16.5. The lowest BCUT2D eigenvalue weighted by atomic mass is 10.0. The maximum absolute atomic E-state index is 12.4. The molecular formula is C19H21FN4O2. The number of halogens is 1. The van der Waals surface area contributed by atoms with Crippen LogP contribution in [0.4, 0.5) is 21.7 Å². The average molecular weight is 356 g/mol. The molecule has 7 heteroatoms. The van der Waals surface area contributed by atoms with Gasteiger partial charge in [0.15, 0.2) is 0 Å². The van der Waals surface area contributed by atoms with Crippen LogP contribution in [0.5, 0.6) is 5.88 Å². The van der Waals surface area contributed by atoms with Gasteiger partial charge in [-0.25, -0.2) is 9.37 Å². The lowest BCUT2D eigenvalue weighted by molar-refractivity contribution is -0.114. The molecule has 1 spiro atoms. The minimum Gasteiger partial charge on any atom is -0.475 e. The van der Waals surface area contributed by atoms with Crippen LogP contribution in [0.25, 0.3) is 0 Å². The molecule has 1 saturated carbocycles. The Kier molecular flexibility index (Phi) is 4.01. The van der Waals surface area contributed by atoms with E-state index >= 15 is 0 Å². The van der Waals surface area contributed by atoms with Crippen LogP contribution in [0.15, 0.2) is 24.4 Å². The van der Waals surface area contributed by atoms with Crippen molar-refractivity contribution in [2.24, 2.45) is 0 Å². The van der Waals surface area contributed by atoms with E-state index < -0.39 is 6.67 Å². The molecule has 1 aliphatic carbocycles. The molecule has 0 radical (unpaired) electrons. The molecule has 6 nitrogen and oxygen atoms in total. The molecule has 1 amide bonds. The van der Waals surface area contributed by atoms with Gasteiger partial charge in [0.1, 0.15) is 24.9 Å². The Hall–Kier alpha value is -2.70. The SMILES string of the molecule is CC(=O)Nc1cc2c(cn1)C1(CC1)CN2c1cc(C)cc(OCCF)n1. The van der Waals surface area contributed by atoms with Crippen molar-refractivity contribution >= 4 is 23.2 Å². The van der Waals surface area contributed by atoms with Crippen molar-refractivity contribution < 1.29 is 13.9 Å². The number of ether oxygens (including phenoxy) is 1. The van der Waals surface area contributed by atoms with Gasteiger partial charge in [-0.05, 0) is 31.4 Å². The van der Waals surface area contributed by atoms with E-state index in [1.807, 2.05) is 25.3 Å². The van der Waals surface area contributed by atoms with Crippen molar-refractivity contribution in [3.05, 3.63) is 35.5 Å². The number of aryl methyl sites for hydroxylation is 1. The van der Waals surface area contributed by atoms with E-state index in [4.69, 9.17) is 4.74 Å². The molecule has 2 aromatic heterocycles. The first-order valence-electron chi connectivity index (χ1n) is 8.74. The van der Waals surface area contributed by atoms with Crippen LogP contribution in [-0.4, -0.2) is 35.7 Å². The summed E-state index contributed by atoms with van der Waals surface area (Å²) in [6.07, 6.45) is 4.10. The highest BCUT2D eigenvalue weighted by atomic mass is 19.1. The molecule has 4 rings (SSSR count). The topological polar surface area (TPSA) is 67.4 Å². The Balaban J connectivity index is 1.73. The molecule has 0 atom stereocenters. The lowest BCUT2D eigenvalue weighted by Gasteiger charge is -2.20. The molecule has 0 unspecified atom stereocenters. The van der Waals surface area contributed by atoms with Gasteiger partial charge in [0.25, 0.3) is 0 Å². The van der Waals surface area contributed by atoms with Gasteiger partial charge in [0, 0.05) is 42.8 Å². The first-order chi connectivity index (χ1) is 12.5. The molecule has 2 aromatic rings. The number of amides is 1. The predicted molar refractivity (Wildman–Crippen MR) is 96.9 cm³/mol. The number of fused-ring (bicyclic) bond motifs is 2. The standard InChI is InChI=1S/C19H21FN4O2/c1-12-7-17(23-18(8-12)26-6-5-20)24-11-19(3-4-19)14-10-21-16(9-15(14)24)22-13(2)25/h7-10H,3-6,11H2,1-2H3,(H,21,22,25). The van der Waals surface area contributed by atoms with Gasteiger partial charge in [0.2, 0.25) is 11.8 Å². The number of hydrogen-bond acceptors (Lipinski definition) is 5. The van der Waals surface area contributed by atoms with Gasteiger partial charge >= 0.3 is 0 Å². The van der Waals surface area contributed by atoms with Gasteiger partial charge in [0.05, 0.1) is 5.69 Å². The van der Waals surface area contributed by atoms with E-state index in [9.17, 15) is 9.18 Å². The van der Waals surface area contributed by atoms with E-state index in [1.54, 1.807) is 6.07 Å². The first-order valence-corrected chi connectivity index (χ1v) is 8.74. The van der Waals surface area contributed by atoms with Gasteiger partial charge in [-0.15, -0.1) is 0 Å². The number of nitrogens with zero attached hydrogens (tertiary/aromatic N) is 3. The lowest BCUT2D eigenvalue weighted by Crippen LogP contribution is -2.20. The number of aromatic nitrogens is 2. The Morgan fingerprint density at radius 2 is 2.19 bits per heavy atom. The third kappa shape index (κ3) is 2.98. The van der Waals surface area contributed by atoms with Crippen molar-refractivity contribution in [2.75, 3.05) is 30.0 Å². The van der Waals surface area contributed by atoms with Crippen LogP contribution in [0.2, 0.25) is 0 Å². The Labute approximate surface area is 151 Å². The fourth-order valence-electron chi connectivity index (χ4n) is 3.55. The molecule has 1 aliphatic heterocycles. The zero-order chi connectivity index (χ0) is 18.3. The third-order valence-corrected chi connectivity index (χ3v) is 4.90. The maximum atomic E-state index is 12.4. The monoisotopic (exact) mass is 356 g/mol. The fraction of sp³-hybridized carbons (Fsp3) is 0.421. The largest absolute Gasteiger partial charge is 0.475 e. The van der Waals surface area contributed by atoms with Gasteiger partial charge < -0.3 is 15.0 Å². The second-order valence-electron chi connectivity index (χ2n) is 7.01. The predicted octanol–water partition coefficient (Wildman–Crippen LogP) is 3.28. The Morgan fingerprint density at radius 3 is 2.88 bits per heavy atom. The fourth-order valence-corrected chi connectivity index (χ4v) is 3.55. The molecule has 0 bridgehead atoms. The molecule has 1 N–H and O–H groups in total. The minimum atomic E-state index is -0.549. The molecule has 1 fully saturated rings. The van der Waals surface area contributed by atoms with Crippen LogP contribution in [-0.2, 0) is 10.2 Å². The summed E-state index contributed by atoms with van der Waals surface area (Å²) in [6, 6.07) is 5.69. The van der Waals surface area contributed by atoms with Crippen LogP contribution in [0.1, 0.15) is 30.9 Å². The van der Waals surface area contributed by atoms with Crippen LogP contribution in [0, 0.1) is 6.92 Å². The second kappa shape index (κ2) is 6.23. The summed E-state index contributed by atoms with van der Waals surface area (Å²) in [5.74, 6) is 1.56. The molecule has 0 aromatic carbocycles. The minimum absolute atomic E-state index is 0.00693. The zero-order valence-electron chi connectivity index (χ0n) is 14.9. The molecule has 0 saturated heterocycles. The number of pyridine rings is 2. The van der Waals surface area contributed by atoms with Crippen molar-refractivity contribution in [2.45, 2.75) is 32.1 Å². The number of alkyl halides is 1. The molecular weight excluding hydrogens is 335 g/mol. The van der Waals surface area contributed by atoms with Gasteiger partial charge in [-0.1, -0.05) is 0 Å². The number of rotatable bonds is 5. The highest BCUT2D eigenvalue weighted by Crippen LogP contribution is 2.58. The molecule has 26 heavy (non-hydrogen) atoms. The first kappa shape index (κ1) is 16.8. The summed E-state index contributed by atoms with van der Waals surface area (Å²) < 4.78 is 17.8. The molecule has 2 aliphatic rings. The summed E-state index contributed by atoms with van der Waals surface area (Å²) in [4.78, 5) is 22.5. The summed E-state index contributed by atoms with van der Waals surface area (Å²) in [5.41, 5.74) is 3.33. The van der Waals surface area contributed by atoms with Crippen molar-refractivity contribution in [1.29, 1.82) is 0 Å². The Bertz CT molecular complexity index is 867.